The third-order valence-corrected chi connectivity index (χ3v) is 5.75. The Morgan fingerprint density at radius 3 is 2.43 bits per heavy atom. The Balaban J connectivity index is 1.70. The number of fused-ring (bicyclic) bond motifs is 1. The summed E-state index contributed by atoms with van der Waals surface area (Å²) < 4.78 is 6.34. The van der Waals surface area contributed by atoms with E-state index < -0.39 is 0 Å². The molecular weight excluding hydrogens is 300 g/mol. The third kappa shape index (κ3) is 4.44. The Morgan fingerprint density at radius 1 is 0.913 bits per heavy atom. The van der Waals surface area contributed by atoms with Crippen molar-refractivity contribution in [1.82, 2.24) is 0 Å². The summed E-state index contributed by atoms with van der Waals surface area (Å²) in [5.74, 6) is 1.29. The van der Waals surface area contributed by atoms with Gasteiger partial charge >= 0.3 is 0 Å². The summed E-state index contributed by atoms with van der Waals surface area (Å²) in [4.78, 5) is 1.28. The zero-order valence-electron chi connectivity index (χ0n) is 14.3. The molecule has 0 aliphatic heterocycles. The van der Waals surface area contributed by atoms with Gasteiger partial charge in [-0.15, -0.1) is 0 Å². The van der Waals surface area contributed by atoms with Crippen LogP contribution >= 0.6 is 11.8 Å². The average molecular weight is 329 g/mol. The van der Waals surface area contributed by atoms with Crippen molar-refractivity contribution in [2.24, 2.45) is 0 Å². The summed E-state index contributed by atoms with van der Waals surface area (Å²) in [6.07, 6.45) is 12.8. The fraction of sp³-hybridized carbons (Fsp3) is 0.524. The van der Waals surface area contributed by atoms with Crippen LogP contribution < -0.4 is 0 Å². The minimum absolute atomic E-state index is 1.13. The van der Waals surface area contributed by atoms with E-state index in [1.54, 1.807) is 17.3 Å². The van der Waals surface area contributed by atoms with Gasteiger partial charge in [0.1, 0.15) is 5.76 Å². The molecule has 124 valence electrons. The van der Waals surface area contributed by atoms with Gasteiger partial charge in [0.25, 0.3) is 0 Å². The highest BCUT2D eigenvalue weighted by Gasteiger charge is 2.22. The average Bonchev–Trinajstić information content (AvgIpc) is 2.94. The van der Waals surface area contributed by atoms with Crippen LogP contribution in [0.4, 0.5) is 0 Å². The predicted octanol–water partition coefficient (Wildman–Crippen LogP) is 6.82. The van der Waals surface area contributed by atoms with E-state index >= 15 is 0 Å². The molecule has 1 aliphatic carbocycles. The molecule has 1 aromatic carbocycles. The van der Waals surface area contributed by atoms with Gasteiger partial charge in [-0.3, -0.25) is 0 Å². The molecule has 1 heterocycles. The number of hydrogen-bond donors (Lipinski definition) is 0. The molecule has 0 saturated carbocycles. The Kier molecular flexibility index (Phi) is 6.27. The van der Waals surface area contributed by atoms with E-state index in [-0.39, 0.29) is 0 Å². The summed E-state index contributed by atoms with van der Waals surface area (Å²) >= 11 is 1.80. The van der Waals surface area contributed by atoms with Crippen LogP contribution in [0.25, 0.3) is 0 Å². The summed E-state index contributed by atoms with van der Waals surface area (Å²) in [6, 6.07) is 10.6. The van der Waals surface area contributed by atoms with Gasteiger partial charge < -0.3 is 4.42 Å². The number of benzene rings is 1. The van der Waals surface area contributed by atoms with E-state index in [1.165, 1.54) is 74.0 Å². The molecule has 0 bridgehead atoms. The maximum atomic E-state index is 6.34. The predicted molar refractivity (Wildman–Crippen MR) is 98.4 cm³/mol. The second-order valence-corrected chi connectivity index (χ2v) is 7.60. The standard InChI is InChI=1S/C21H28OS/c1-2-3-4-5-9-16-20-18-14-10-11-15-19(18)21(22-20)23-17-12-7-6-8-13-17/h6-8,12-13H,2-5,9-11,14-16H2,1H3. The first-order valence-electron chi connectivity index (χ1n) is 9.24. The first-order valence-corrected chi connectivity index (χ1v) is 10.1. The van der Waals surface area contributed by atoms with Crippen molar-refractivity contribution >= 4 is 11.8 Å². The van der Waals surface area contributed by atoms with E-state index in [4.69, 9.17) is 4.42 Å². The van der Waals surface area contributed by atoms with Crippen molar-refractivity contribution in [1.29, 1.82) is 0 Å². The van der Waals surface area contributed by atoms with Crippen LogP contribution in [-0.4, -0.2) is 0 Å². The SMILES string of the molecule is CCCCCCCc1oc(Sc2ccccc2)c2c1CCCC2. The van der Waals surface area contributed by atoms with Crippen molar-refractivity contribution in [2.45, 2.75) is 81.1 Å². The highest BCUT2D eigenvalue weighted by molar-refractivity contribution is 7.99. The zero-order valence-corrected chi connectivity index (χ0v) is 15.1. The van der Waals surface area contributed by atoms with E-state index in [0.29, 0.717) is 0 Å². The van der Waals surface area contributed by atoms with Gasteiger partial charge in [-0.1, -0.05) is 62.6 Å². The quantitative estimate of drug-likeness (QED) is 0.493. The second kappa shape index (κ2) is 8.63. The summed E-state index contributed by atoms with van der Waals surface area (Å²) in [5, 5.41) is 1.16. The smallest absolute Gasteiger partial charge is 0.168 e. The van der Waals surface area contributed by atoms with E-state index in [1.807, 2.05) is 0 Å². The van der Waals surface area contributed by atoms with Crippen LogP contribution in [0.1, 0.15) is 68.8 Å². The molecule has 0 unspecified atom stereocenters. The molecule has 1 nitrogen and oxygen atoms in total. The van der Waals surface area contributed by atoms with Gasteiger partial charge in [0.15, 0.2) is 5.09 Å². The second-order valence-electron chi connectivity index (χ2n) is 6.56. The van der Waals surface area contributed by atoms with Gasteiger partial charge in [-0.05, 0) is 49.8 Å². The van der Waals surface area contributed by atoms with Crippen LogP contribution in [-0.2, 0) is 19.3 Å². The van der Waals surface area contributed by atoms with Gasteiger partial charge in [0.2, 0.25) is 0 Å². The van der Waals surface area contributed by atoms with Gasteiger partial charge in [-0.2, -0.15) is 0 Å². The maximum absolute atomic E-state index is 6.34. The monoisotopic (exact) mass is 328 g/mol. The zero-order chi connectivity index (χ0) is 15.9. The lowest BCUT2D eigenvalue weighted by molar-refractivity contribution is 0.419. The molecule has 0 N–H and O–H groups in total. The lowest BCUT2D eigenvalue weighted by atomic mass is 9.92. The Hall–Kier alpha value is -1.15. The van der Waals surface area contributed by atoms with E-state index in [0.717, 1.165) is 11.5 Å². The normalized spacial score (nSPS) is 14.0. The lowest BCUT2D eigenvalue weighted by Crippen LogP contribution is -2.02. The van der Waals surface area contributed by atoms with Crippen LogP contribution in [0.2, 0.25) is 0 Å². The van der Waals surface area contributed by atoms with Crippen molar-refractivity contribution < 1.29 is 4.42 Å². The number of unbranched alkanes of at least 4 members (excludes halogenated alkanes) is 4. The molecule has 0 radical (unpaired) electrons. The van der Waals surface area contributed by atoms with Crippen LogP contribution in [0, 0.1) is 0 Å². The first-order chi connectivity index (χ1) is 11.4. The third-order valence-electron chi connectivity index (χ3n) is 4.73. The number of furan rings is 1. The van der Waals surface area contributed by atoms with Crippen molar-refractivity contribution in [3.05, 3.63) is 47.2 Å². The number of aryl methyl sites for hydroxylation is 1. The van der Waals surface area contributed by atoms with Crippen molar-refractivity contribution in [2.75, 3.05) is 0 Å². The molecule has 0 fully saturated rings. The van der Waals surface area contributed by atoms with Crippen LogP contribution in [0.5, 0.6) is 0 Å². The Bertz CT molecular complexity index is 600. The topological polar surface area (TPSA) is 13.1 Å². The Labute approximate surface area is 144 Å². The van der Waals surface area contributed by atoms with Gasteiger partial charge in [0.05, 0.1) is 0 Å². The van der Waals surface area contributed by atoms with Crippen molar-refractivity contribution in [3.8, 4) is 0 Å². The first kappa shape index (κ1) is 16.7. The number of rotatable bonds is 8. The largest absolute Gasteiger partial charge is 0.454 e. The minimum atomic E-state index is 1.13. The fourth-order valence-electron chi connectivity index (χ4n) is 3.44. The summed E-state index contributed by atoms with van der Waals surface area (Å²) in [7, 11) is 0. The van der Waals surface area contributed by atoms with E-state index in [9.17, 15) is 0 Å². The molecular formula is C21H28OS. The van der Waals surface area contributed by atoms with Crippen molar-refractivity contribution in [3.63, 3.8) is 0 Å². The molecule has 0 atom stereocenters. The van der Waals surface area contributed by atoms with Crippen LogP contribution in [0.3, 0.4) is 0 Å². The molecule has 3 rings (SSSR count). The molecule has 1 aliphatic rings. The highest BCUT2D eigenvalue weighted by Crippen LogP contribution is 2.39. The van der Waals surface area contributed by atoms with E-state index in [2.05, 4.69) is 37.3 Å². The Morgan fingerprint density at radius 2 is 1.65 bits per heavy atom. The summed E-state index contributed by atoms with van der Waals surface area (Å²) in [5.41, 5.74) is 3.05. The molecule has 0 spiro atoms. The summed E-state index contributed by atoms with van der Waals surface area (Å²) in [6.45, 7) is 2.27. The number of hydrogen-bond acceptors (Lipinski definition) is 2. The maximum Gasteiger partial charge on any atom is 0.168 e. The van der Waals surface area contributed by atoms with Gasteiger partial charge in [-0.25, -0.2) is 0 Å². The van der Waals surface area contributed by atoms with Crippen LogP contribution in [0.15, 0.2) is 44.7 Å². The fourth-order valence-corrected chi connectivity index (χ4v) is 4.44. The molecule has 0 saturated heterocycles. The highest BCUT2D eigenvalue weighted by atomic mass is 32.2. The minimum Gasteiger partial charge on any atom is -0.454 e. The molecule has 2 aromatic rings. The molecule has 2 heteroatoms. The lowest BCUT2D eigenvalue weighted by Gasteiger charge is -2.12. The molecule has 23 heavy (non-hydrogen) atoms. The molecule has 0 amide bonds. The molecule has 1 aromatic heterocycles. The van der Waals surface area contributed by atoms with Gasteiger partial charge in [0, 0.05) is 16.9 Å².